The number of amides is 1. The Bertz CT molecular complexity index is 604. The molecule has 1 heterocycles. The Hall–Kier alpha value is -1.55. The fraction of sp³-hybridized carbons (Fsp3) is 0.429. The molecule has 1 N–H and O–H groups in total. The van der Waals surface area contributed by atoms with Gasteiger partial charge in [-0.25, -0.2) is 4.98 Å². The van der Waals surface area contributed by atoms with Gasteiger partial charge in [0, 0.05) is 13.6 Å². The van der Waals surface area contributed by atoms with E-state index >= 15 is 0 Å². The van der Waals surface area contributed by atoms with E-state index in [9.17, 15) is 4.79 Å². The SMILES string of the molecule is CNC(=O)C(C)(C)Cn1c(CCl)nc2ccccc21. The normalized spacial score (nSPS) is 11.8. The van der Waals surface area contributed by atoms with Crippen LogP contribution in [0.4, 0.5) is 0 Å². The number of fused-ring (bicyclic) bond motifs is 1. The molecule has 4 nitrogen and oxygen atoms in total. The van der Waals surface area contributed by atoms with Gasteiger partial charge < -0.3 is 9.88 Å². The molecule has 19 heavy (non-hydrogen) atoms. The minimum absolute atomic E-state index is 0.00537. The summed E-state index contributed by atoms with van der Waals surface area (Å²) in [7, 11) is 1.65. The molecule has 1 aromatic heterocycles. The van der Waals surface area contributed by atoms with Gasteiger partial charge in [-0.15, -0.1) is 11.6 Å². The van der Waals surface area contributed by atoms with E-state index in [1.54, 1.807) is 7.05 Å². The quantitative estimate of drug-likeness (QED) is 0.875. The summed E-state index contributed by atoms with van der Waals surface area (Å²) >= 11 is 5.96. The molecule has 0 fully saturated rings. The number of carbonyl (C=O) groups excluding carboxylic acids is 1. The van der Waals surface area contributed by atoms with E-state index in [1.807, 2.05) is 42.7 Å². The highest BCUT2D eigenvalue weighted by Crippen LogP contribution is 2.24. The summed E-state index contributed by atoms with van der Waals surface area (Å²) in [5.74, 6) is 1.13. The molecule has 5 heteroatoms. The number of nitrogens with zero attached hydrogens (tertiary/aromatic N) is 2. The van der Waals surface area contributed by atoms with Crippen LogP contribution in [0.1, 0.15) is 19.7 Å². The monoisotopic (exact) mass is 279 g/mol. The van der Waals surface area contributed by atoms with Crippen LogP contribution in [-0.4, -0.2) is 22.5 Å². The van der Waals surface area contributed by atoms with E-state index in [0.717, 1.165) is 16.9 Å². The van der Waals surface area contributed by atoms with Gasteiger partial charge in [0.2, 0.25) is 5.91 Å². The molecule has 0 aliphatic carbocycles. The number of imidazole rings is 1. The van der Waals surface area contributed by atoms with Crippen LogP contribution < -0.4 is 5.32 Å². The van der Waals surface area contributed by atoms with E-state index < -0.39 is 5.41 Å². The Morgan fingerprint density at radius 1 is 1.42 bits per heavy atom. The number of rotatable bonds is 4. The number of hydrogen-bond donors (Lipinski definition) is 1. The summed E-state index contributed by atoms with van der Waals surface area (Å²) in [6.07, 6.45) is 0. The van der Waals surface area contributed by atoms with E-state index in [4.69, 9.17) is 11.6 Å². The predicted octanol–water partition coefficient (Wildman–Crippen LogP) is 2.55. The smallest absolute Gasteiger partial charge is 0.227 e. The van der Waals surface area contributed by atoms with Gasteiger partial charge >= 0.3 is 0 Å². The van der Waals surface area contributed by atoms with Crippen LogP contribution in [0.5, 0.6) is 0 Å². The Balaban J connectivity index is 2.47. The summed E-state index contributed by atoms with van der Waals surface area (Å²) < 4.78 is 2.03. The first-order valence-corrected chi connectivity index (χ1v) is 6.75. The standard InChI is InChI=1S/C14H18ClN3O/c1-14(2,13(19)16-3)9-18-11-7-5-4-6-10(11)17-12(18)8-15/h4-7H,8-9H2,1-3H3,(H,16,19). The summed E-state index contributed by atoms with van der Waals surface area (Å²) in [6.45, 7) is 4.38. The average Bonchev–Trinajstić information content (AvgIpc) is 2.75. The third-order valence-electron chi connectivity index (χ3n) is 3.25. The molecule has 2 rings (SSSR count). The minimum Gasteiger partial charge on any atom is -0.359 e. The largest absolute Gasteiger partial charge is 0.359 e. The Labute approximate surface area is 117 Å². The maximum atomic E-state index is 11.9. The highest BCUT2D eigenvalue weighted by Gasteiger charge is 2.28. The Kier molecular flexibility index (Phi) is 3.80. The lowest BCUT2D eigenvalue weighted by Gasteiger charge is -2.24. The topological polar surface area (TPSA) is 46.9 Å². The molecule has 1 aromatic carbocycles. The molecule has 0 radical (unpaired) electrons. The van der Waals surface area contributed by atoms with Crippen LogP contribution in [0.15, 0.2) is 24.3 Å². The third kappa shape index (κ3) is 2.59. The molecule has 102 valence electrons. The van der Waals surface area contributed by atoms with Gasteiger partial charge in [0.1, 0.15) is 5.82 Å². The zero-order chi connectivity index (χ0) is 14.0. The number of hydrogen-bond acceptors (Lipinski definition) is 2. The molecule has 0 atom stereocenters. The van der Waals surface area contributed by atoms with Crippen molar-refractivity contribution >= 4 is 28.5 Å². The number of halogens is 1. The molecule has 0 unspecified atom stereocenters. The van der Waals surface area contributed by atoms with Crippen molar-refractivity contribution in [3.63, 3.8) is 0 Å². The number of aromatic nitrogens is 2. The lowest BCUT2D eigenvalue weighted by atomic mass is 9.92. The van der Waals surface area contributed by atoms with Gasteiger partial charge in [-0.3, -0.25) is 4.79 Å². The molecule has 0 spiro atoms. The molecule has 0 aliphatic heterocycles. The second-order valence-electron chi connectivity index (χ2n) is 5.20. The Morgan fingerprint density at radius 3 is 2.74 bits per heavy atom. The van der Waals surface area contributed by atoms with Crippen molar-refractivity contribution in [1.29, 1.82) is 0 Å². The van der Waals surface area contributed by atoms with Crippen molar-refractivity contribution in [2.75, 3.05) is 7.05 Å². The fourth-order valence-electron chi connectivity index (χ4n) is 2.21. The van der Waals surface area contributed by atoms with Gasteiger partial charge in [0.15, 0.2) is 0 Å². The first kappa shape index (κ1) is 13.9. The second-order valence-corrected chi connectivity index (χ2v) is 5.47. The van der Waals surface area contributed by atoms with Gasteiger partial charge in [0.25, 0.3) is 0 Å². The first-order chi connectivity index (χ1) is 8.99. The second kappa shape index (κ2) is 5.21. The van der Waals surface area contributed by atoms with E-state index in [2.05, 4.69) is 10.3 Å². The average molecular weight is 280 g/mol. The maximum absolute atomic E-state index is 11.9. The lowest BCUT2D eigenvalue weighted by Crippen LogP contribution is -2.38. The summed E-state index contributed by atoms with van der Waals surface area (Å²) in [6, 6.07) is 7.86. The maximum Gasteiger partial charge on any atom is 0.227 e. The summed E-state index contributed by atoms with van der Waals surface area (Å²) in [5, 5.41) is 2.70. The molecule has 0 bridgehead atoms. The van der Waals surface area contributed by atoms with E-state index in [0.29, 0.717) is 12.4 Å². The number of nitrogens with one attached hydrogen (secondary N) is 1. The van der Waals surface area contributed by atoms with Crippen LogP contribution >= 0.6 is 11.6 Å². The van der Waals surface area contributed by atoms with Gasteiger partial charge in [-0.2, -0.15) is 0 Å². The zero-order valence-corrected chi connectivity index (χ0v) is 12.2. The number of para-hydroxylation sites is 2. The first-order valence-electron chi connectivity index (χ1n) is 6.22. The fourth-order valence-corrected chi connectivity index (χ4v) is 2.41. The van der Waals surface area contributed by atoms with Crippen LogP contribution in [0.3, 0.4) is 0 Å². The number of benzene rings is 1. The van der Waals surface area contributed by atoms with Crippen LogP contribution in [-0.2, 0) is 17.2 Å². The van der Waals surface area contributed by atoms with Crippen molar-refractivity contribution in [2.24, 2.45) is 5.41 Å². The predicted molar refractivity (Wildman–Crippen MR) is 77.1 cm³/mol. The highest BCUT2D eigenvalue weighted by atomic mass is 35.5. The molecular weight excluding hydrogens is 262 g/mol. The summed E-state index contributed by atoms with van der Waals surface area (Å²) in [5.41, 5.74) is 1.40. The molecular formula is C14H18ClN3O. The van der Waals surface area contributed by atoms with Gasteiger partial charge in [0.05, 0.1) is 22.3 Å². The van der Waals surface area contributed by atoms with E-state index in [1.165, 1.54) is 0 Å². The van der Waals surface area contributed by atoms with Crippen molar-refractivity contribution in [3.05, 3.63) is 30.1 Å². The number of alkyl halides is 1. The van der Waals surface area contributed by atoms with Crippen molar-refractivity contribution < 1.29 is 4.79 Å². The van der Waals surface area contributed by atoms with Crippen LogP contribution in [0.25, 0.3) is 11.0 Å². The molecule has 0 saturated heterocycles. The van der Waals surface area contributed by atoms with Crippen molar-refractivity contribution in [3.8, 4) is 0 Å². The molecule has 1 amide bonds. The lowest BCUT2D eigenvalue weighted by molar-refractivity contribution is -0.129. The van der Waals surface area contributed by atoms with Crippen LogP contribution in [0, 0.1) is 5.41 Å². The van der Waals surface area contributed by atoms with Crippen molar-refractivity contribution in [1.82, 2.24) is 14.9 Å². The summed E-state index contributed by atoms with van der Waals surface area (Å²) in [4.78, 5) is 16.4. The minimum atomic E-state index is -0.515. The van der Waals surface area contributed by atoms with Crippen LogP contribution in [0.2, 0.25) is 0 Å². The molecule has 2 aromatic rings. The van der Waals surface area contributed by atoms with E-state index in [-0.39, 0.29) is 5.91 Å². The highest BCUT2D eigenvalue weighted by molar-refractivity contribution is 6.16. The van der Waals surface area contributed by atoms with Gasteiger partial charge in [-0.1, -0.05) is 12.1 Å². The Morgan fingerprint density at radius 2 is 2.11 bits per heavy atom. The number of carbonyl (C=O) groups is 1. The molecule has 0 aliphatic rings. The molecule has 0 saturated carbocycles. The zero-order valence-electron chi connectivity index (χ0n) is 11.4. The third-order valence-corrected chi connectivity index (χ3v) is 3.49. The van der Waals surface area contributed by atoms with Gasteiger partial charge in [-0.05, 0) is 26.0 Å². The van der Waals surface area contributed by atoms with Crippen molar-refractivity contribution in [2.45, 2.75) is 26.3 Å².